The topological polar surface area (TPSA) is 58.6 Å². The first kappa shape index (κ1) is 20.3. The normalized spacial score (nSPS) is 15.4. The van der Waals surface area contributed by atoms with Gasteiger partial charge in [-0.25, -0.2) is 0 Å². The van der Waals surface area contributed by atoms with Crippen LogP contribution in [0, 0.1) is 0 Å². The number of anilines is 2. The van der Waals surface area contributed by atoms with E-state index in [9.17, 15) is 9.59 Å². The lowest BCUT2D eigenvalue weighted by atomic mass is 10.1. The van der Waals surface area contributed by atoms with E-state index in [0.29, 0.717) is 39.3 Å². The largest absolute Gasteiger partial charge is 0.479 e. The molecule has 0 saturated heterocycles. The molecule has 1 aliphatic rings. The average Bonchev–Trinajstić information content (AvgIpc) is 2.73. The summed E-state index contributed by atoms with van der Waals surface area (Å²) in [6.07, 6.45) is -0.598. The molecule has 0 bridgehead atoms. The highest BCUT2D eigenvalue weighted by Gasteiger charge is 2.31. The second kappa shape index (κ2) is 8.38. The van der Waals surface area contributed by atoms with Crippen LogP contribution in [0.3, 0.4) is 0 Å². The molecule has 7 heteroatoms. The summed E-state index contributed by atoms with van der Waals surface area (Å²) in [6, 6.07) is 19.2. The number of carbonyl (C=O) groups is 2. The summed E-state index contributed by atoms with van der Waals surface area (Å²) in [5.74, 6) is 0.159. The molecule has 2 amide bonds. The third-order valence-corrected chi connectivity index (χ3v) is 5.29. The zero-order chi connectivity index (χ0) is 21.3. The Kier molecular flexibility index (Phi) is 5.66. The van der Waals surface area contributed by atoms with Crippen LogP contribution in [0.25, 0.3) is 0 Å². The van der Waals surface area contributed by atoms with Crippen molar-refractivity contribution in [2.75, 3.05) is 10.2 Å². The summed E-state index contributed by atoms with van der Waals surface area (Å²) in [6.45, 7) is 2.08. The van der Waals surface area contributed by atoms with Crippen molar-refractivity contribution >= 4 is 46.4 Å². The van der Waals surface area contributed by atoms with Crippen LogP contribution in [0.1, 0.15) is 22.8 Å². The van der Waals surface area contributed by atoms with Crippen LogP contribution in [0.4, 0.5) is 11.4 Å². The molecule has 1 unspecified atom stereocenters. The molecule has 3 aromatic rings. The van der Waals surface area contributed by atoms with Gasteiger partial charge in [0.2, 0.25) is 0 Å². The molecule has 0 spiro atoms. The van der Waals surface area contributed by atoms with Crippen molar-refractivity contribution in [1.82, 2.24) is 0 Å². The van der Waals surface area contributed by atoms with Gasteiger partial charge in [-0.1, -0.05) is 35.3 Å². The third-order valence-electron chi connectivity index (χ3n) is 4.79. The second-order valence-electron chi connectivity index (χ2n) is 6.95. The maximum absolute atomic E-state index is 12.8. The van der Waals surface area contributed by atoms with E-state index in [-0.39, 0.29) is 11.8 Å². The number of fused-ring (bicyclic) bond motifs is 1. The molecule has 1 N–H and O–H groups in total. The summed E-state index contributed by atoms with van der Waals surface area (Å²) in [7, 11) is 0. The number of nitrogens with one attached hydrogen (secondary N) is 1. The number of hydrogen-bond acceptors (Lipinski definition) is 3. The van der Waals surface area contributed by atoms with Crippen molar-refractivity contribution in [1.29, 1.82) is 0 Å². The summed E-state index contributed by atoms with van der Waals surface area (Å²) < 4.78 is 5.75. The van der Waals surface area contributed by atoms with E-state index in [1.807, 2.05) is 12.1 Å². The molecule has 1 heterocycles. The predicted molar refractivity (Wildman–Crippen MR) is 119 cm³/mol. The van der Waals surface area contributed by atoms with Crippen molar-refractivity contribution in [3.63, 3.8) is 0 Å². The van der Waals surface area contributed by atoms with E-state index >= 15 is 0 Å². The molecule has 1 atom stereocenters. The quantitative estimate of drug-likeness (QED) is 0.577. The Bertz CT molecular complexity index is 1100. The van der Waals surface area contributed by atoms with Crippen LogP contribution in [0.2, 0.25) is 10.0 Å². The minimum atomic E-state index is -0.598. The monoisotopic (exact) mass is 440 g/mol. The molecule has 5 nitrogen and oxygen atoms in total. The Morgan fingerprint density at radius 3 is 2.30 bits per heavy atom. The van der Waals surface area contributed by atoms with Crippen LogP contribution in [0.15, 0.2) is 66.7 Å². The number of halogens is 2. The van der Waals surface area contributed by atoms with Crippen LogP contribution in [-0.4, -0.2) is 17.9 Å². The second-order valence-corrected chi connectivity index (χ2v) is 7.83. The van der Waals surface area contributed by atoms with Crippen LogP contribution in [0.5, 0.6) is 5.75 Å². The van der Waals surface area contributed by atoms with Gasteiger partial charge in [-0.2, -0.15) is 0 Å². The molecule has 4 rings (SSSR count). The van der Waals surface area contributed by atoms with Gasteiger partial charge in [0.05, 0.1) is 12.2 Å². The molecule has 0 saturated carbocycles. The lowest BCUT2D eigenvalue weighted by Crippen LogP contribution is -2.44. The molecule has 0 aromatic heterocycles. The van der Waals surface area contributed by atoms with Gasteiger partial charge < -0.3 is 15.0 Å². The Hall–Kier alpha value is -3.02. The van der Waals surface area contributed by atoms with Gasteiger partial charge in [-0.3, -0.25) is 9.59 Å². The first-order chi connectivity index (χ1) is 14.4. The van der Waals surface area contributed by atoms with Gasteiger partial charge in [0.25, 0.3) is 11.8 Å². The molecule has 30 heavy (non-hydrogen) atoms. The van der Waals surface area contributed by atoms with Gasteiger partial charge in [0.15, 0.2) is 6.10 Å². The molecule has 0 fully saturated rings. The lowest BCUT2D eigenvalue weighted by Gasteiger charge is -2.33. The van der Waals surface area contributed by atoms with Crippen molar-refractivity contribution in [2.24, 2.45) is 0 Å². The van der Waals surface area contributed by atoms with E-state index in [0.717, 1.165) is 5.56 Å². The van der Waals surface area contributed by atoms with Crippen molar-refractivity contribution in [2.45, 2.75) is 19.6 Å². The fourth-order valence-electron chi connectivity index (χ4n) is 3.22. The lowest BCUT2D eigenvalue weighted by molar-refractivity contribution is -0.125. The number of rotatable bonds is 4. The number of carbonyl (C=O) groups excluding carboxylic acids is 2. The van der Waals surface area contributed by atoms with Crippen LogP contribution >= 0.6 is 23.2 Å². The Morgan fingerprint density at radius 2 is 1.63 bits per heavy atom. The number of nitrogens with zero attached hydrogens (tertiary/aromatic N) is 1. The zero-order valence-corrected chi connectivity index (χ0v) is 17.6. The average molecular weight is 441 g/mol. The summed E-state index contributed by atoms with van der Waals surface area (Å²) in [4.78, 5) is 27.0. The third kappa shape index (κ3) is 4.27. The van der Waals surface area contributed by atoms with Crippen molar-refractivity contribution in [3.8, 4) is 5.75 Å². The van der Waals surface area contributed by atoms with Crippen LogP contribution in [-0.2, 0) is 11.3 Å². The molecule has 0 aliphatic carbocycles. The maximum Gasteiger partial charge on any atom is 0.268 e. The highest BCUT2D eigenvalue weighted by Crippen LogP contribution is 2.37. The number of ether oxygens (including phenoxy) is 1. The van der Waals surface area contributed by atoms with E-state index in [1.54, 1.807) is 66.4 Å². The van der Waals surface area contributed by atoms with Crippen molar-refractivity contribution < 1.29 is 14.3 Å². The highest BCUT2D eigenvalue weighted by atomic mass is 35.5. The van der Waals surface area contributed by atoms with Gasteiger partial charge in [0.1, 0.15) is 5.75 Å². The van der Waals surface area contributed by atoms with E-state index in [1.165, 1.54) is 0 Å². The summed E-state index contributed by atoms with van der Waals surface area (Å²) in [5, 5.41) is 4.04. The summed E-state index contributed by atoms with van der Waals surface area (Å²) in [5.41, 5.74) is 2.57. The number of hydrogen-bond donors (Lipinski definition) is 1. The van der Waals surface area contributed by atoms with Gasteiger partial charge in [-0.05, 0) is 67.1 Å². The first-order valence-electron chi connectivity index (χ1n) is 9.34. The van der Waals surface area contributed by atoms with Crippen molar-refractivity contribution in [3.05, 3.63) is 87.9 Å². The molecular formula is C23H18Cl2N2O3. The molecule has 0 radical (unpaired) electrons. The Morgan fingerprint density at radius 1 is 1.00 bits per heavy atom. The minimum Gasteiger partial charge on any atom is -0.479 e. The summed E-state index contributed by atoms with van der Waals surface area (Å²) >= 11 is 11.8. The molecule has 3 aromatic carbocycles. The smallest absolute Gasteiger partial charge is 0.268 e. The zero-order valence-electron chi connectivity index (χ0n) is 16.1. The number of benzene rings is 3. The molecule has 152 valence electrons. The van der Waals surface area contributed by atoms with Gasteiger partial charge >= 0.3 is 0 Å². The highest BCUT2D eigenvalue weighted by molar-refractivity contribution is 6.31. The SMILES string of the molecule is CC1Oc2ccc(NC(=O)c3ccc(Cl)cc3)cc2N(Cc2ccc(Cl)cc2)C1=O. The van der Waals surface area contributed by atoms with E-state index < -0.39 is 6.10 Å². The molecular weight excluding hydrogens is 423 g/mol. The minimum absolute atomic E-state index is 0.154. The Labute approximate surface area is 184 Å². The number of amides is 2. The molecule has 1 aliphatic heterocycles. The van der Waals surface area contributed by atoms with E-state index in [2.05, 4.69) is 5.32 Å². The van der Waals surface area contributed by atoms with E-state index in [4.69, 9.17) is 27.9 Å². The van der Waals surface area contributed by atoms with Gasteiger partial charge in [0, 0.05) is 21.3 Å². The first-order valence-corrected chi connectivity index (χ1v) is 10.1. The van der Waals surface area contributed by atoms with Gasteiger partial charge in [-0.15, -0.1) is 0 Å². The van der Waals surface area contributed by atoms with Crippen LogP contribution < -0.4 is 15.0 Å². The Balaban J connectivity index is 1.62. The fraction of sp³-hybridized carbons (Fsp3) is 0.130. The fourth-order valence-corrected chi connectivity index (χ4v) is 3.48. The maximum atomic E-state index is 12.8. The standard InChI is InChI=1S/C23H18Cl2N2O3/c1-14-23(29)27(13-15-2-6-17(24)7-3-15)20-12-19(10-11-21(20)30-14)26-22(28)16-4-8-18(25)9-5-16/h2-12,14H,13H2,1H3,(H,26,28). The predicted octanol–water partition coefficient (Wildman–Crippen LogP) is 5.56.